The van der Waals surface area contributed by atoms with Gasteiger partial charge in [-0.1, -0.05) is 6.07 Å². The van der Waals surface area contributed by atoms with Gasteiger partial charge in [-0.05, 0) is 24.3 Å². The van der Waals surface area contributed by atoms with Crippen LogP contribution in [0.15, 0.2) is 47.0 Å². The highest BCUT2D eigenvalue weighted by Crippen LogP contribution is 2.17. The largest absolute Gasteiger partial charge is 0.484 e. The van der Waals surface area contributed by atoms with Gasteiger partial charge >= 0.3 is 0 Å². The minimum atomic E-state index is 0.250. The maximum atomic E-state index is 5.66. The van der Waals surface area contributed by atoms with Crippen molar-refractivity contribution < 1.29 is 9.15 Å². The van der Waals surface area contributed by atoms with Gasteiger partial charge in [0.1, 0.15) is 5.75 Å². The van der Waals surface area contributed by atoms with Crippen LogP contribution in [0, 0.1) is 0 Å². The predicted octanol–water partition coefficient (Wildman–Crippen LogP) is 2.38. The molecule has 90 valence electrons. The van der Waals surface area contributed by atoms with E-state index in [9.17, 15) is 0 Å². The lowest BCUT2D eigenvalue weighted by molar-refractivity contribution is 0.267. The van der Waals surface area contributed by atoms with Crippen molar-refractivity contribution in [2.45, 2.75) is 6.61 Å². The summed E-state index contributed by atoms with van der Waals surface area (Å²) < 4.78 is 11.0. The number of aromatic nitrogens is 2. The first-order chi connectivity index (χ1) is 8.81. The molecule has 0 saturated heterocycles. The zero-order chi connectivity index (χ0) is 12.4. The second-order valence-electron chi connectivity index (χ2n) is 3.79. The summed E-state index contributed by atoms with van der Waals surface area (Å²) in [5.74, 6) is 1.18. The summed E-state index contributed by atoms with van der Waals surface area (Å²) in [6.07, 6.45) is 1.67. The Hall–Kier alpha value is -2.56. The number of hydrogen-bond donors (Lipinski definition) is 1. The van der Waals surface area contributed by atoms with Crippen molar-refractivity contribution in [3.05, 3.63) is 48.5 Å². The summed E-state index contributed by atoms with van der Waals surface area (Å²) >= 11 is 0. The van der Waals surface area contributed by atoms with Crippen molar-refractivity contribution in [1.82, 2.24) is 9.97 Å². The van der Waals surface area contributed by atoms with E-state index in [2.05, 4.69) is 9.97 Å². The minimum absolute atomic E-state index is 0.250. The monoisotopic (exact) mass is 241 g/mol. The molecule has 0 unspecified atom stereocenters. The summed E-state index contributed by atoms with van der Waals surface area (Å²) in [5.41, 5.74) is 7.56. The first-order valence-electron chi connectivity index (χ1n) is 5.50. The molecule has 18 heavy (non-hydrogen) atoms. The second kappa shape index (κ2) is 4.37. The standard InChI is InChI=1S/C13H11N3O2/c14-9-3-1-4-10(7-9)17-8-12-16-13-11(18-12)5-2-6-15-13/h1-7H,8,14H2. The number of pyridine rings is 1. The average molecular weight is 241 g/mol. The van der Waals surface area contributed by atoms with Crippen LogP contribution < -0.4 is 10.5 Å². The van der Waals surface area contributed by atoms with E-state index in [1.165, 1.54) is 0 Å². The van der Waals surface area contributed by atoms with Crippen molar-refractivity contribution >= 4 is 16.9 Å². The Morgan fingerprint density at radius 1 is 1.22 bits per heavy atom. The third-order valence-electron chi connectivity index (χ3n) is 2.43. The molecule has 0 radical (unpaired) electrons. The quantitative estimate of drug-likeness (QED) is 0.712. The number of oxazole rings is 1. The van der Waals surface area contributed by atoms with Crippen molar-refractivity contribution in [1.29, 1.82) is 0 Å². The first-order valence-corrected chi connectivity index (χ1v) is 5.50. The average Bonchev–Trinajstić information content (AvgIpc) is 2.79. The Bertz CT molecular complexity index is 646. The number of anilines is 1. The molecule has 5 heteroatoms. The van der Waals surface area contributed by atoms with Crippen molar-refractivity contribution in [3.63, 3.8) is 0 Å². The molecule has 0 spiro atoms. The summed E-state index contributed by atoms with van der Waals surface area (Å²) in [6.45, 7) is 0.250. The molecule has 0 bridgehead atoms. The number of nitrogens with zero attached hydrogens (tertiary/aromatic N) is 2. The molecule has 0 fully saturated rings. The molecule has 3 aromatic rings. The molecule has 0 aliphatic carbocycles. The molecule has 0 aliphatic heterocycles. The zero-order valence-electron chi connectivity index (χ0n) is 9.54. The van der Waals surface area contributed by atoms with Crippen LogP contribution >= 0.6 is 0 Å². The highest BCUT2D eigenvalue weighted by molar-refractivity contribution is 5.66. The van der Waals surface area contributed by atoms with Crippen LogP contribution in [0.5, 0.6) is 5.75 Å². The highest BCUT2D eigenvalue weighted by Gasteiger charge is 2.06. The topological polar surface area (TPSA) is 74.2 Å². The highest BCUT2D eigenvalue weighted by atomic mass is 16.5. The van der Waals surface area contributed by atoms with Crippen LogP contribution in [0.25, 0.3) is 11.2 Å². The van der Waals surface area contributed by atoms with Crippen molar-refractivity contribution in [2.24, 2.45) is 0 Å². The fourth-order valence-electron chi connectivity index (χ4n) is 1.62. The Morgan fingerprint density at radius 3 is 3.00 bits per heavy atom. The molecule has 2 heterocycles. The molecule has 2 N–H and O–H groups in total. The molecule has 0 saturated carbocycles. The Morgan fingerprint density at radius 2 is 2.17 bits per heavy atom. The SMILES string of the molecule is Nc1cccc(OCc2nc3ncccc3o2)c1. The van der Waals surface area contributed by atoms with Gasteiger partial charge < -0.3 is 14.9 Å². The van der Waals surface area contributed by atoms with Crippen LogP contribution in [-0.2, 0) is 6.61 Å². The molecule has 0 atom stereocenters. The number of ether oxygens (including phenoxy) is 1. The Balaban J connectivity index is 1.76. The smallest absolute Gasteiger partial charge is 0.235 e. The third-order valence-corrected chi connectivity index (χ3v) is 2.43. The van der Waals surface area contributed by atoms with Gasteiger partial charge in [0.25, 0.3) is 0 Å². The number of rotatable bonds is 3. The van der Waals surface area contributed by atoms with Gasteiger partial charge in [-0.25, -0.2) is 4.98 Å². The maximum Gasteiger partial charge on any atom is 0.235 e. The molecule has 1 aromatic carbocycles. The Labute approximate surface area is 103 Å². The van der Waals surface area contributed by atoms with Crippen molar-refractivity contribution in [2.75, 3.05) is 5.73 Å². The second-order valence-corrected chi connectivity index (χ2v) is 3.79. The molecule has 3 rings (SSSR count). The Kier molecular flexibility index (Phi) is 2.57. The van der Waals surface area contributed by atoms with Gasteiger partial charge in [-0.3, -0.25) is 0 Å². The van der Waals surface area contributed by atoms with E-state index in [0.717, 1.165) is 0 Å². The zero-order valence-corrected chi connectivity index (χ0v) is 9.54. The van der Waals surface area contributed by atoms with E-state index in [0.29, 0.717) is 28.6 Å². The van der Waals surface area contributed by atoms with E-state index < -0.39 is 0 Å². The maximum absolute atomic E-state index is 5.66. The lowest BCUT2D eigenvalue weighted by atomic mass is 10.3. The lowest BCUT2D eigenvalue weighted by Gasteiger charge is -2.03. The summed E-state index contributed by atoms with van der Waals surface area (Å²) in [5, 5.41) is 0. The van der Waals surface area contributed by atoms with Crippen LogP contribution in [-0.4, -0.2) is 9.97 Å². The van der Waals surface area contributed by atoms with Gasteiger partial charge in [-0.2, -0.15) is 4.98 Å². The minimum Gasteiger partial charge on any atom is -0.484 e. The third kappa shape index (κ3) is 2.10. The van der Waals surface area contributed by atoms with Crippen LogP contribution in [0.1, 0.15) is 5.89 Å². The number of hydrogen-bond acceptors (Lipinski definition) is 5. The molecular weight excluding hydrogens is 230 g/mol. The summed E-state index contributed by atoms with van der Waals surface area (Å²) in [6, 6.07) is 10.8. The van der Waals surface area contributed by atoms with Crippen molar-refractivity contribution in [3.8, 4) is 5.75 Å². The van der Waals surface area contributed by atoms with Crippen LogP contribution in [0.4, 0.5) is 5.69 Å². The van der Waals surface area contributed by atoms with E-state index in [4.69, 9.17) is 14.9 Å². The van der Waals surface area contributed by atoms with Crippen LogP contribution in [0.3, 0.4) is 0 Å². The number of nitrogen functional groups attached to an aromatic ring is 1. The van der Waals surface area contributed by atoms with E-state index >= 15 is 0 Å². The fourth-order valence-corrected chi connectivity index (χ4v) is 1.62. The molecule has 5 nitrogen and oxygen atoms in total. The summed E-state index contributed by atoms with van der Waals surface area (Å²) in [7, 11) is 0. The van der Waals surface area contributed by atoms with Gasteiger partial charge in [0.2, 0.25) is 5.89 Å². The van der Waals surface area contributed by atoms with Crippen LogP contribution in [0.2, 0.25) is 0 Å². The fraction of sp³-hybridized carbons (Fsp3) is 0.0769. The lowest BCUT2D eigenvalue weighted by Crippen LogP contribution is -1.96. The van der Waals surface area contributed by atoms with Gasteiger partial charge in [0, 0.05) is 18.0 Å². The van der Waals surface area contributed by atoms with Gasteiger partial charge in [-0.15, -0.1) is 0 Å². The van der Waals surface area contributed by atoms with E-state index in [1.54, 1.807) is 24.4 Å². The molecule has 0 amide bonds. The number of benzene rings is 1. The molecule has 0 aliphatic rings. The number of nitrogens with two attached hydrogens (primary N) is 1. The summed E-state index contributed by atoms with van der Waals surface area (Å²) in [4.78, 5) is 8.31. The normalized spacial score (nSPS) is 10.7. The number of fused-ring (bicyclic) bond motifs is 1. The van der Waals surface area contributed by atoms with E-state index in [1.807, 2.05) is 18.2 Å². The molecule has 2 aromatic heterocycles. The first kappa shape index (κ1) is 10.6. The van der Waals surface area contributed by atoms with Gasteiger partial charge in [0.15, 0.2) is 17.8 Å². The predicted molar refractivity (Wildman–Crippen MR) is 67.0 cm³/mol. The van der Waals surface area contributed by atoms with E-state index in [-0.39, 0.29) is 6.61 Å². The molecular formula is C13H11N3O2. The van der Waals surface area contributed by atoms with Gasteiger partial charge in [0.05, 0.1) is 0 Å².